The normalized spacial score (nSPS) is 42.9. The lowest BCUT2D eigenvalue weighted by molar-refractivity contribution is -0.578. The van der Waals surface area contributed by atoms with Crippen LogP contribution < -0.4 is 0 Å². The SMILES string of the molecule is C[C@@H]1CCC2[C@@H](C)[C@@H](O[C@H](CCC(=O)O)c3ccc(Br)cc3)O[C@@H]3O[C@@]4(C)CC[C@@H]1[C@@]23OO4. The second-order valence-electron chi connectivity index (χ2n) is 10.4. The molecule has 6 rings (SSSR count). The summed E-state index contributed by atoms with van der Waals surface area (Å²) in [7, 11) is 0. The molecule has 33 heavy (non-hydrogen) atoms. The molecule has 1 aromatic carbocycles. The number of carbonyl (C=O) groups is 1. The molecule has 1 N–H and O–H groups in total. The third-order valence-electron chi connectivity index (χ3n) is 8.26. The van der Waals surface area contributed by atoms with Crippen molar-refractivity contribution < 1.29 is 33.9 Å². The highest BCUT2D eigenvalue weighted by Gasteiger charge is 2.69. The van der Waals surface area contributed by atoms with Gasteiger partial charge in [-0.2, -0.15) is 0 Å². The number of fused-ring (bicyclic) bond motifs is 2. The van der Waals surface area contributed by atoms with E-state index < -0.39 is 36.0 Å². The zero-order valence-corrected chi connectivity index (χ0v) is 21.0. The van der Waals surface area contributed by atoms with Crippen LogP contribution in [0.2, 0.25) is 0 Å². The average Bonchev–Trinajstić information content (AvgIpc) is 3.01. The van der Waals surface area contributed by atoms with Crippen molar-refractivity contribution in [1.29, 1.82) is 0 Å². The number of ether oxygens (including phenoxy) is 3. The smallest absolute Gasteiger partial charge is 0.303 e. The topological polar surface area (TPSA) is 83.5 Å². The summed E-state index contributed by atoms with van der Waals surface area (Å²) in [5.74, 6) is -0.691. The van der Waals surface area contributed by atoms with E-state index in [2.05, 4.69) is 29.8 Å². The number of hydrogen-bond donors (Lipinski definition) is 1. The molecule has 4 heterocycles. The van der Waals surface area contributed by atoms with Crippen molar-refractivity contribution in [2.75, 3.05) is 0 Å². The van der Waals surface area contributed by atoms with Crippen LogP contribution in [0.5, 0.6) is 0 Å². The van der Waals surface area contributed by atoms with Crippen molar-refractivity contribution in [2.24, 2.45) is 23.7 Å². The molecular weight excluding hydrogens is 492 g/mol. The van der Waals surface area contributed by atoms with E-state index in [1.165, 1.54) is 0 Å². The number of rotatable bonds is 6. The van der Waals surface area contributed by atoms with Gasteiger partial charge in [0.25, 0.3) is 0 Å². The highest BCUT2D eigenvalue weighted by Crippen LogP contribution is 2.60. The maximum Gasteiger partial charge on any atom is 0.303 e. The molecule has 0 aromatic heterocycles. The minimum absolute atomic E-state index is 0.0176. The van der Waals surface area contributed by atoms with E-state index in [0.29, 0.717) is 18.3 Å². The molecule has 0 radical (unpaired) electrons. The van der Waals surface area contributed by atoms with E-state index in [9.17, 15) is 9.90 Å². The Hall–Kier alpha value is -1.03. The Kier molecular flexibility index (Phi) is 6.38. The number of hydrogen-bond acceptors (Lipinski definition) is 6. The van der Waals surface area contributed by atoms with Crippen LogP contribution in [-0.4, -0.2) is 35.0 Å². The highest BCUT2D eigenvalue weighted by molar-refractivity contribution is 9.10. The molecule has 182 valence electrons. The van der Waals surface area contributed by atoms with E-state index in [4.69, 9.17) is 24.0 Å². The fourth-order valence-electron chi connectivity index (χ4n) is 6.43. The van der Waals surface area contributed by atoms with Gasteiger partial charge in [-0.25, -0.2) is 9.78 Å². The lowest BCUT2D eigenvalue weighted by Gasteiger charge is -2.60. The molecule has 4 saturated heterocycles. The third kappa shape index (κ3) is 4.17. The van der Waals surface area contributed by atoms with Gasteiger partial charge in [0.05, 0.1) is 6.10 Å². The molecule has 1 saturated carbocycles. The van der Waals surface area contributed by atoms with Crippen LogP contribution in [0.3, 0.4) is 0 Å². The zero-order chi connectivity index (χ0) is 23.4. The van der Waals surface area contributed by atoms with Gasteiger partial charge in [-0.05, 0) is 62.1 Å². The number of aliphatic carboxylic acids is 1. The average molecular weight is 525 g/mol. The van der Waals surface area contributed by atoms with Crippen LogP contribution in [0.1, 0.15) is 71.0 Å². The van der Waals surface area contributed by atoms with Crippen molar-refractivity contribution in [3.63, 3.8) is 0 Å². The van der Waals surface area contributed by atoms with Gasteiger partial charge in [0, 0.05) is 29.2 Å². The molecule has 5 aliphatic rings. The van der Waals surface area contributed by atoms with Crippen molar-refractivity contribution in [3.8, 4) is 0 Å². The van der Waals surface area contributed by atoms with Crippen LogP contribution in [-0.2, 0) is 28.8 Å². The molecule has 0 amide bonds. The van der Waals surface area contributed by atoms with E-state index in [1.807, 2.05) is 31.2 Å². The van der Waals surface area contributed by atoms with E-state index in [1.54, 1.807) is 0 Å². The van der Waals surface area contributed by atoms with Gasteiger partial charge in [-0.3, -0.25) is 4.79 Å². The largest absolute Gasteiger partial charge is 0.481 e. The third-order valence-corrected chi connectivity index (χ3v) is 8.79. The second-order valence-corrected chi connectivity index (χ2v) is 11.3. The Morgan fingerprint density at radius 2 is 1.94 bits per heavy atom. The minimum Gasteiger partial charge on any atom is -0.481 e. The van der Waals surface area contributed by atoms with Gasteiger partial charge < -0.3 is 19.3 Å². The highest BCUT2D eigenvalue weighted by atomic mass is 79.9. The van der Waals surface area contributed by atoms with Crippen molar-refractivity contribution >= 4 is 21.9 Å². The monoisotopic (exact) mass is 524 g/mol. The predicted octanol–water partition coefficient (Wildman–Crippen LogP) is 5.58. The summed E-state index contributed by atoms with van der Waals surface area (Å²) in [6.45, 7) is 6.34. The molecule has 9 atom stereocenters. The molecule has 2 bridgehead atoms. The molecule has 8 heteroatoms. The number of halogens is 1. The molecule has 1 unspecified atom stereocenters. The summed E-state index contributed by atoms with van der Waals surface area (Å²) in [4.78, 5) is 23.4. The molecule has 1 aromatic rings. The first-order chi connectivity index (χ1) is 15.7. The Morgan fingerprint density at radius 3 is 2.67 bits per heavy atom. The maximum atomic E-state index is 11.3. The van der Waals surface area contributed by atoms with E-state index >= 15 is 0 Å². The first kappa shape index (κ1) is 23.7. The molecule has 1 spiro atoms. The first-order valence-corrected chi connectivity index (χ1v) is 12.8. The Labute approximate surface area is 203 Å². The van der Waals surface area contributed by atoms with E-state index in [0.717, 1.165) is 35.7 Å². The number of benzene rings is 1. The summed E-state index contributed by atoms with van der Waals surface area (Å²) in [5.41, 5.74) is 0.293. The summed E-state index contributed by atoms with van der Waals surface area (Å²) in [5, 5.41) is 9.29. The van der Waals surface area contributed by atoms with Crippen molar-refractivity contribution in [2.45, 2.75) is 89.4 Å². The number of carboxylic acid groups (broad SMARTS) is 1. The van der Waals surface area contributed by atoms with Gasteiger partial charge in [0.15, 0.2) is 18.2 Å². The van der Waals surface area contributed by atoms with Crippen LogP contribution in [0, 0.1) is 23.7 Å². The van der Waals surface area contributed by atoms with Crippen LogP contribution in [0.25, 0.3) is 0 Å². The Morgan fingerprint density at radius 1 is 1.18 bits per heavy atom. The van der Waals surface area contributed by atoms with Crippen molar-refractivity contribution in [1.82, 2.24) is 0 Å². The molecule has 4 aliphatic heterocycles. The van der Waals surface area contributed by atoms with Gasteiger partial charge in [0.1, 0.15) is 0 Å². The van der Waals surface area contributed by atoms with Gasteiger partial charge in [-0.15, -0.1) is 0 Å². The minimum atomic E-state index is -0.843. The fourth-order valence-corrected chi connectivity index (χ4v) is 6.70. The quantitative estimate of drug-likeness (QED) is 0.486. The first-order valence-electron chi connectivity index (χ1n) is 12.0. The Bertz CT molecular complexity index is 878. The van der Waals surface area contributed by atoms with Crippen LogP contribution in [0.4, 0.5) is 0 Å². The standard InChI is InChI=1S/C25H33BrO7/c1-14-4-9-19-15(2)22(29-20(10-11-21(27)28)16-5-7-17(26)8-6-16)30-23-25(19)18(14)12-13-24(3,31-23)32-33-25/h5-8,14-15,18-20,22-23H,4,9-13H2,1-3H3,(H,27,28)/t14-,15-,18+,19?,20-,22+,23-,24-,25-/m1/s1. The van der Waals surface area contributed by atoms with Crippen molar-refractivity contribution in [3.05, 3.63) is 34.3 Å². The molecule has 7 nitrogen and oxygen atoms in total. The summed E-state index contributed by atoms with van der Waals surface area (Å²) < 4.78 is 20.5. The van der Waals surface area contributed by atoms with Gasteiger partial charge in [-0.1, -0.05) is 41.9 Å². The van der Waals surface area contributed by atoms with Gasteiger partial charge >= 0.3 is 5.97 Å². The summed E-state index contributed by atoms with van der Waals surface area (Å²) in [6, 6.07) is 7.82. The van der Waals surface area contributed by atoms with Crippen LogP contribution >= 0.6 is 15.9 Å². The maximum absolute atomic E-state index is 11.3. The molecule has 1 aliphatic carbocycles. The Balaban J connectivity index is 1.43. The van der Waals surface area contributed by atoms with Crippen LogP contribution in [0.15, 0.2) is 28.7 Å². The van der Waals surface area contributed by atoms with E-state index in [-0.39, 0.29) is 18.3 Å². The summed E-state index contributed by atoms with van der Waals surface area (Å²) >= 11 is 3.47. The lowest BCUT2D eigenvalue weighted by atomic mass is 9.58. The molecule has 5 fully saturated rings. The fraction of sp³-hybridized carbons (Fsp3) is 0.720. The predicted molar refractivity (Wildman–Crippen MR) is 122 cm³/mol. The van der Waals surface area contributed by atoms with Gasteiger partial charge in [0.2, 0.25) is 5.79 Å². The lowest BCUT2D eigenvalue weighted by Crippen LogP contribution is -2.70. The number of carboxylic acids is 1. The molecular formula is C25H33BrO7. The zero-order valence-electron chi connectivity index (χ0n) is 19.4. The summed E-state index contributed by atoms with van der Waals surface area (Å²) in [6.07, 6.45) is 2.71. The second kappa shape index (κ2) is 8.88.